The first kappa shape index (κ1) is 19.7. The fraction of sp³-hybridized carbons (Fsp3) is 0.333. The zero-order valence-electron chi connectivity index (χ0n) is 14.9. The first-order valence-corrected chi connectivity index (χ1v) is 8.63. The molecule has 0 aliphatic rings. The molecule has 0 saturated carbocycles. The van der Waals surface area contributed by atoms with E-state index in [0.717, 1.165) is 16.9 Å². The Bertz CT molecular complexity index is 680. The summed E-state index contributed by atoms with van der Waals surface area (Å²) in [6.45, 7) is 2.83. The maximum Gasteiger partial charge on any atom is 0.314 e. The summed E-state index contributed by atoms with van der Waals surface area (Å²) in [6, 6.07) is 17.4. The summed E-state index contributed by atoms with van der Waals surface area (Å²) in [7, 11) is 0. The number of carboxylic acid groups (broad SMARTS) is 1. The molecule has 138 valence electrons. The van der Waals surface area contributed by atoms with E-state index in [9.17, 15) is 9.59 Å². The average Bonchev–Trinajstić information content (AvgIpc) is 2.63. The lowest BCUT2D eigenvalue weighted by Crippen LogP contribution is -2.22. The molecule has 2 rings (SSSR count). The number of carbonyl (C=O) groups is 2. The molecular formula is C21H24O5. The molecule has 26 heavy (non-hydrogen) atoms. The molecule has 0 aromatic heterocycles. The van der Waals surface area contributed by atoms with Crippen LogP contribution < -0.4 is 4.74 Å². The molecule has 2 aromatic carbocycles. The van der Waals surface area contributed by atoms with Crippen molar-refractivity contribution in [1.29, 1.82) is 0 Å². The predicted octanol–water partition coefficient (Wildman–Crippen LogP) is 3.50. The minimum Gasteiger partial charge on any atom is -0.491 e. The van der Waals surface area contributed by atoms with E-state index in [1.165, 1.54) is 6.92 Å². The van der Waals surface area contributed by atoms with Gasteiger partial charge in [-0.15, -0.1) is 0 Å². The first-order chi connectivity index (χ1) is 12.6. The number of aryl methyl sites for hydroxylation is 1. The standard InChI is InChI=1S/C21H24O5/c1-16(22)20(21(23)24)12-9-17-7-10-19(11-8-17)26-14-13-25-15-18-5-3-2-4-6-18/h2-8,10-11,20H,9,12-15H2,1H3,(H,23,24). The lowest BCUT2D eigenvalue weighted by Gasteiger charge is -2.10. The van der Waals surface area contributed by atoms with E-state index in [0.29, 0.717) is 32.7 Å². The smallest absolute Gasteiger partial charge is 0.314 e. The van der Waals surface area contributed by atoms with Crippen LogP contribution in [0.5, 0.6) is 5.75 Å². The zero-order valence-corrected chi connectivity index (χ0v) is 14.9. The Morgan fingerprint density at radius 2 is 1.65 bits per heavy atom. The molecule has 0 fully saturated rings. The maximum absolute atomic E-state index is 11.3. The number of hydrogen-bond donors (Lipinski definition) is 1. The molecule has 5 heteroatoms. The Hall–Kier alpha value is -2.66. The Balaban J connectivity index is 1.68. The van der Waals surface area contributed by atoms with Gasteiger partial charge < -0.3 is 14.6 Å². The molecule has 0 bridgehead atoms. The van der Waals surface area contributed by atoms with Crippen LogP contribution in [0.15, 0.2) is 54.6 Å². The fourth-order valence-corrected chi connectivity index (χ4v) is 2.55. The van der Waals surface area contributed by atoms with Crippen molar-refractivity contribution in [2.24, 2.45) is 5.92 Å². The Morgan fingerprint density at radius 3 is 2.27 bits per heavy atom. The second-order valence-corrected chi connectivity index (χ2v) is 6.07. The summed E-state index contributed by atoms with van der Waals surface area (Å²) < 4.78 is 11.2. The summed E-state index contributed by atoms with van der Waals surface area (Å²) in [5, 5.41) is 9.03. The van der Waals surface area contributed by atoms with Gasteiger partial charge in [0.2, 0.25) is 0 Å². The Morgan fingerprint density at radius 1 is 0.962 bits per heavy atom. The average molecular weight is 356 g/mol. The van der Waals surface area contributed by atoms with Crippen molar-refractivity contribution in [2.75, 3.05) is 13.2 Å². The molecule has 0 spiro atoms. The number of ether oxygens (including phenoxy) is 2. The van der Waals surface area contributed by atoms with E-state index >= 15 is 0 Å². The highest BCUT2D eigenvalue weighted by molar-refractivity contribution is 5.96. The van der Waals surface area contributed by atoms with Crippen molar-refractivity contribution in [3.8, 4) is 5.75 Å². The molecule has 0 aliphatic carbocycles. The van der Waals surface area contributed by atoms with Crippen LogP contribution in [0.1, 0.15) is 24.5 Å². The molecule has 0 aliphatic heterocycles. The van der Waals surface area contributed by atoms with Gasteiger partial charge in [0, 0.05) is 0 Å². The van der Waals surface area contributed by atoms with E-state index < -0.39 is 11.9 Å². The van der Waals surface area contributed by atoms with Gasteiger partial charge in [0.1, 0.15) is 24.1 Å². The Labute approximate surface area is 153 Å². The molecule has 0 heterocycles. The number of rotatable bonds is 11. The van der Waals surface area contributed by atoms with Crippen LogP contribution in [-0.2, 0) is 27.4 Å². The number of carboxylic acids is 1. The second-order valence-electron chi connectivity index (χ2n) is 6.07. The molecule has 1 atom stereocenters. The third kappa shape index (κ3) is 6.69. The van der Waals surface area contributed by atoms with Crippen LogP contribution >= 0.6 is 0 Å². The van der Waals surface area contributed by atoms with Gasteiger partial charge in [0.25, 0.3) is 0 Å². The van der Waals surface area contributed by atoms with Gasteiger partial charge >= 0.3 is 5.97 Å². The van der Waals surface area contributed by atoms with Gasteiger partial charge in [-0.3, -0.25) is 9.59 Å². The largest absolute Gasteiger partial charge is 0.491 e. The first-order valence-electron chi connectivity index (χ1n) is 8.63. The summed E-state index contributed by atoms with van der Waals surface area (Å²) in [4.78, 5) is 22.3. The van der Waals surface area contributed by atoms with E-state index in [1.807, 2.05) is 54.6 Å². The van der Waals surface area contributed by atoms with Gasteiger partial charge in [0.05, 0.1) is 13.2 Å². The highest BCUT2D eigenvalue weighted by atomic mass is 16.5. The number of hydrogen-bond acceptors (Lipinski definition) is 4. The topological polar surface area (TPSA) is 72.8 Å². The molecule has 1 unspecified atom stereocenters. The van der Waals surface area contributed by atoms with Crippen molar-refractivity contribution in [1.82, 2.24) is 0 Å². The zero-order chi connectivity index (χ0) is 18.8. The van der Waals surface area contributed by atoms with Crippen LogP contribution in [0.25, 0.3) is 0 Å². The molecule has 2 aromatic rings. The molecule has 0 saturated heterocycles. The van der Waals surface area contributed by atoms with Crippen molar-refractivity contribution in [3.05, 3.63) is 65.7 Å². The summed E-state index contributed by atoms with van der Waals surface area (Å²) >= 11 is 0. The lowest BCUT2D eigenvalue weighted by atomic mass is 9.96. The minimum atomic E-state index is -1.06. The fourth-order valence-electron chi connectivity index (χ4n) is 2.55. The molecular weight excluding hydrogens is 332 g/mol. The predicted molar refractivity (Wildman–Crippen MR) is 98.2 cm³/mol. The molecule has 1 N–H and O–H groups in total. The van der Waals surface area contributed by atoms with Gasteiger partial charge in [0.15, 0.2) is 0 Å². The number of benzene rings is 2. The third-order valence-electron chi connectivity index (χ3n) is 4.04. The van der Waals surface area contributed by atoms with Gasteiger partial charge in [-0.25, -0.2) is 0 Å². The minimum absolute atomic E-state index is 0.304. The van der Waals surface area contributed by atoms with Gasteiger partial charge in [-0.05, 0) is 43.0 Å². The molecule has 0 amide bonds. The summed E-state index contributed by atoms with van der Waals surface area (Å²) in [5.41, 5.74) is 2.10. The second kappa shape index (κ2) is 10.4. The van der Waals surface area contributed by atoms with Crippen molar-refractivity contribution in [2.45, 2.75) is 26.4 Å². The third-order valence-corrected chi connectivity index (χ3v) is 4.04. The maximum atomic E-state index is 11.3. The number of aliphatic carboxylic acids is 1. The van der Waals surface area contributed by atoms with E-state index in [-0.39, 0.29) is 5.78 Å². The summed E-state index contributed by atoms with van der Waals surface area (Å²) in [5.74, 6) is -1.58. The molecule has 0 radical (unpaired) electrons. The van der Waals surface area contributed by atoms with Crippen molar-refractivity contribution < 1.29 is 24.2 Å². The van der Waals surface area contributed by atoms with Gasteiger partial charge in [-0.2, -0.15) is 0 Å². The van der Waals surface area contributed by atoms with E-state index in [4.69, 9.17) is 14.6 Å². The van der Waals surface area contributed by atoms with Crippen LogP contribution in [0.3, 0.4) is 0 Å². The van der Waals surface area contributed by atoms with E-state index in [2.05, 4.69) is 0 Å². The van der Waals surface area contributed by atoms with Crippen molar-refractivity contribution in [3.63, 3.8) is 0 Å². The van der Waals surface area contributed by atoms with Crippen molar-refractivity contribution >= 4 is 11.8 Å². The van der Waals surface area contributed by atoms with Crippen LogP contribution in [0.2, 0.25) is 0 Å². The highest BCUT2D eigenvalue weighted by Crippen LogP contribution is 2.16. The normalized spacial score (nSPS) is 11.7. The van der Waals surface area contributed by atoms with E-state index in [1.54, 1.807) is 0 Å². The van der Waals surface area contributed by atoms with Crippen LogP contribution in [0, 0.1) is 5.92 Å². The summed E-state index contributed by atoms with van der Waals surface area (Å²) in [6.07, 6.45) is 0.842. The SMILES string of the molecule is CC(=O)C(CCc1ccc(OCCOCc2ccccc2)cc1)C(=O)O. The monoisotopic (exact) mass is 356 g/mol. The number of ketones is 1. The Kier molecular flexibility index (Phi) is 7.83. The highest BCUT2D eigenvalue weighted by Gasteiger charge is 2.21. The van der Waals surface area contributed by atoms with Gasteiger partial charge in [-0.1, -0.05) is 42.5 Å². The quantitative estimate of drug-likeness (QED) is 0.493. The van der Waals surface area contributed by atoms with Crippen LogP contribution in [-0.4, -0.2) is 30.1 Å². The number of carbonyl (C=O) groups excluding carboxylic acids is 1. The van der Waals surface area contributed by atoms with Crippen LogP contribution in [0.4, 0.5) is 0 Å². The lowest BCUT2D eigenvalue weighted by molar-refractivity contribution is -0.145. The number of Topliss-reactive ketones (excluding diaryl/α,β-unsaturated/α-hetero) is 1. The molecule has 5 nitrogen and oxygen atoms in total.